The summed E-state index contributed by atoms with van der Waals surface area (Å²) >= 11 is 0. The van der Waals surface area contributed by atoms with Crippen LogP contribution in [0.1, 0.15) is 12.0 Å². The zero-order valence-electron chi connectivity index (χ0n) is 16.8. The number of nitrogens with one attached hydrogen (secondary N) is 1. The molecule has 3 aromatic carbocycles. The molecule has 0 unspecified atom stereocenters. The standard InChI is InChI=1S/C24H22N2O5/c27-17(15-31-20-11-5-7-16-6-1-2-8-18(16)20)14-26-22(28)24(25-23(26)29)12-13-30-21-10-4-3-9-19(21)24/h1-11,17,27H,12-15H2,(H,25,29)/t17-,24+/m1/s1. The minimum absolute atomic E-state index is 0.0439. The molecule has 31 heavy (non-hydrogen) atoms. The van der Waals surface area contributed by atoms with Gasteiger partial charge in [-0.15, -0.1) is 0 Å². The predicted octanol–water partition coefficient (Wildman–Crippen LogP) is 2.81. The normalized spacial score (nSPS) is 21.0. The van der Waals surface area contributed by atoms with E-state index in [0.29, 0.717) is 30.1 Å². The second-order valence-electron chi connectivity index (χ2n) is 7.79. The first-order valence-corrected chi connectivity index (χ1v) is 10.2. The summed E-state index contributed by atoms with van der Waals surface area (Å²) in [5.74, 6) is 0.853. The number of carbonyl (C=O) groups is 2. The third-order valence-electron chi connectivity index (χ3n) is 5.83. The van der Waals surface area contributed by atoms with Crippen molar-refractivity contribution in [3.63, 3.8) is 0 Å². The van der Waals surface area contributed by atoms with Crippen LogP contribution in [-0.4, -0.2) is 47.8 Å². The molecule has 2 aliphatic heterocycles. The maximum Gasteiger partial charge on any atom is 0.325 e. The summed E-state index contributed by atoms with van der Waals surface area (Å²) in [6, 6.07) is 20.2. The number of nitrogens with zero attached hydrogens (tertiary/aromatic N) is 1. The summed E-state index contributed by atoms with van der Waals surface area (Å²) in [5, 5.41) is 15.3. The number of amides is 3. The molecule has 3 aromatic rings. The van der Waals surface area contributed by atoms with Crippen LogP contribution in [0.2, 0.25) is 0 Å². The van der Waals surface area contributed by atoms with Crippen LogP contribution >= 0.6 is 0 Å². The molecule has 3 amide bonds. The lowest BCUT2D eigenvalue weighted by molar-refractivity contribution is -0.133. The first-order chi connectivity index (χ1) is 15.1. The zero-order chi connectivity index (χ0) is 21.4. The number of carbonyl (C=O) groups excluding carboxylic acids is 2. The Balaban J connectivity index is 1.30. The van der Waals surface area contributed by atoms with Gasteiger partial charge in [0, 0.05) is 17.4 Å². The molecule has 7 heteroatoms. The number of aliphatic hydroxyl groups is 1. The number of rotatable bonds is 5. The van der Waals surface area contributed by atoms with E-state index in [9.17, 15) is 14.7 Å². The van der Waals surface area contributed by atoms with Crippen LogP contribution in [0.25, 0.3) is 10.8 Å². The Labute approximate surface area is 179 Å². The summed E-state index contributed by atoms with van der Waals surface area (Å²) in [4.78, 5) is 27.0. The van der Waals surface area contributed by atoms with E-state index in [1.165, 1.54) is 0 Å². The highest BCUT2D eigenvalue weighted by molar-refractivity contribution is 6.08. The van der Waals surface area contributed by atoms with Gasteiger partial charge >= 0.3 is 6.03 Å². The number of benzene rings is 3. The van der Waals surface area contributed by atoms with Gasteiger partial charge in [-0.1, -0.05) is 54.6 Å². The van der Waals surface area contributed by atoms with E-state index in [1.807, 2.05) is 54.6 Å². The fourth-order valence-corrected chi connectivity index (χ4v) is 4.31. The highest BCUT2D eigenvalue weighted by atomic mass is 16.5. The van der Waals surface area contributed by atoms with Gasteiger partial charge in [0.15, 0.2) is 5.54 Å². The van der Waals surface area contributed by atoms with Crippen molar-refractivity contribution in [1.29, 1.82) is 0 Å². The van der Waals surface area contributed by atoms with Crippen LogP contribution in [-0.2, 0) is 10.3 Å². The maximum absolute atomic E-state index is 13.3. The van der Waals surface area contributed by atoms with Gasteiger partial charge in [-0.2, -0.15) is 0 Å². The van der Waals surface area contributed by atoms with Gasteiger partial charge in [0.1, 0.15) is 24.2 Å². The lowest BCUT2D eigenvalue weighted by atomic mass is 9.84. The number of β-amino-alcohol motifs (C(OH)–C–C–N with tert-alkyl or cyclic N) is 1. The molecule has 1 fully saturated rings. The maximum atomic E-state index is 13.3. The number of hydrogen-bond donors (Lipinski definition) is 2. The van der Waals surface area contributed by atoms with E-state index < -0.39 is 17.7 Å². The molecular formula is C24H22N2O5. The van der Waals surface area contributed by atoms with E-state index in [1.54, 1.807) is 12.1 Å². The van der Waals surface area contributed by atoms with Crippen molar-refractivity contribution in [2.75, 3.05) is 19.8 Å². The lowest BCUT2D eigenvalue weighted by Gasteiger charge is -2.33. The van der Waals surface area contributed by atoms with Crippen LogP contribution in [0.4, 0.5) is 4.79 Å². The molecule has 0 radical (unpaired) electrons. The van der Waals surface area contributed by atoms with Gasteiger partial charge in [0.05, 0.1) is 13.2 Å². The molecule has 158 valence electrons. The fraction of sp³-hybridized carbons (Fsp3) is 0.250. The average Bonchev–Trinajstić information content (AvgIpc) is 3.02. The van der Waals surface area contributed by atoms with Crippen molar-refractivity contribution in [1.82, 2.24) is 10.2 Å². The lowest BCUT2D eigenvalue weighted by Crippen LogP contribution is -2.48. The van der Waals surface area contributed by atoms with Crippen LogP contribution in [0.5, 0.6) is 11.5 Å². The molecule has 2 heterocycles. The number of aliphatic hydroxyl groups excluding tert-OH is 1. The van der Waals surface area contributed by atoms with Crippen molar-refractivity contribution in [3.05, 3.63) is 72.3 Å². The largest absolute Gasteiger partial charge is 0.493 e. The van der Waals surface area contributed by atoms with Gasteiger partial charge in [-0.3, -0.25) is 9.69 Å². The zero-order valence-corrected chi connectivity index (χ0v) is 16.8. The average molecular weight is 418 g/mol. The molecule has 7 nitrogen and oxygen atoms in total. The molecule has 2 N–H and O–H groups in total. The molecule has 2 atom stereocenters. The number of fused-ring (bicyclic) bond motifs is 3. The SMILES string of the molecule is O=C1N[C@]2(CCOc3ccccc32)C(=O)N1C[C@@H](O)COc1cccc2ccccc12. The molecule has 0 aliphatic carbocycles. The smallest absolute Gasteiger partial charge is 0.325 e. The molecule has 2 aliphatic rings. The van der Waals surface area contributed by atoms with Crippen LogP contribution in [0.3, 0.4) is 0 Å². The van der Waals surface area contributed by atoms with Crippen molar-refractivity contribution < 1.29 is 24.2 Å². The second kappa shape index (κ2) is 7.59. The molecule has 5 rings (SSSR count). The quantitative estimate of drug-likeness (QED) is 0.622. The Morgan fingerprint density at radius 3 is 2.74 bits per heavy atom. The van der Waals surface area contributed by atoms with Crippen LogP contribution in [0.15, 0.2) is 66.7 Å². The van der Waals surface area contributed by atoms with E-state index in [4.69, 9.17) is 9.47 Å². The van der Waals surface area contributed by atoms with Crippen molar-refractivity contribution in [3.8, 4) is 11.5 Å². The van der Waals surface area contributed by atoms with Crippen molar-refractivity contribution in [2.24, 2.45) is 0 Å². The summed E-state index contributed by atoms with van der Waals surface area (Å²) in [5.41, 5.74) is -0.508. The Morgan fingerprint density at radius 2 is 1.84 bits per heavy atom. The van der Waals surface area contributed by atoms with E-state index in [0.717, 1.165) is 15.7 Å². The van der Waals surface area contributed by atoms with Gasteiger partial charge < -0.3 is 19.9 Å². The number of ether oxygens (including phenoxy) is 2. The van der Waals surface area contributed by atoms with Crippen molar-refractivity contribution >= 4 is 22.7 Å². The molecule has 1 spiro atoms. The van der Waals surface area contributed by atoms with Gasteiger partial charge in [-0.05, 0) is 17.5 Å². The van der Waals surface area contributed by atoms with Gasteiger partial charge in [-0.25, -0.2) is 4.79 Å². The Bertz CT molecular complexity index is 1160. The Kier molecular flexibility index (Phi) is 4.75. The number of hydrogen-bond acceptors (Lipinski definition) is 5. The molecule has 1 saturated heterocycles. The highest BCUT2D eigenvalue weighted by Crippen LogP contribution is 2.41. The first kappa shape index (κ1) is 19.4. The Morgan fingerprint density at radius 1 is 1.06 bits per heavy atom. The molecule has 0 bridgehead atoms. The monoisotopic (exact) mass is 418 g/mol. The molecule has 0 saturated carbocycles. The summed E-state index contributed by atoms with van der Waals surface area (Å²) in [6.07, 6.45) is -0.688. The van der Waals surface area contributed by atoms with E-state index in [-0.39, 0.29) is 19.1 Å². The van der Waals surface area contributed by atoms with Crippen molar-refractivity contribution in [2.45, 2.75) is 18.1 Å². The molecule has 0 aromatic heterocycles. The Hall–Kier alpha value is -3.58. The highest BCUT2D eigenvalue weighted by Gasteiger charge is 2.55. The number of urea groups is 1. The van der Waals surface area contributed by atoms with Gasteiger partial charge in [0.2, 0.25) is 0 Å². The third kappa shape index (κ3) is 3.27. The second-order valence-corrected chi connectivity index (χ2v) is 7.79. The number of imide groups is 1. The van der Waals surface area contributed by atoms with E-state index in [2.05, 4.69) is 5.32 Å². The third-order valence-corrected chi connectivity index (χ3v) is 5.83. The predicted molar refractivity (Wildman–Crippen MR) is 114 cm³/mol. The first-order valence-electron chi connectivity index (χ1n) is 10.2. The summed E-state index contributed by atoms with van der Waals surface area (Å²) in [6.45, 7) is 0.127. The topological polar surface area (TPSA) is 88.1 Å². The summed E-state index contributed by atoms with van der Waals surface area (Å²) < 4.78 is 11.5. The summed E-state index contributed by atoms with van der Waals surface area (Å²) in [7, 11) is 0. The molecular weight excluding hydrogens is 396 g/mol. The van der Waals surface area contributed by atoms with Gasteiger partial charge in [0.25, 0.3) is 5.91 Å². The minimum Gasteiger partial charge on any atom is -0.493 e. The minimum atomic E-state index is -1.15. The van der Waals surface area contributed by atoms with E-state index >= 15 is 0 Å². The van der Waals surface area contributed by atoms with Crippen LogP contribution in [0, 0.1) is 0 Å². The van der Waals surface area contributed by atoms with Crippen LogP contribution < -0.4 is 14.8 Å². The fourth-order valence-electron chi connectivity index (χ4n) is 4.31. The number of para-hydroxylation sites is 1.